The SMILES string of the molecule is CCN1CCC(Cc2nc3n(n2)CCCC3O)CC1. The van der Waals surface area contributed by atoms with Crippen LogP contribution in [0.15, 0.2) is 0 Å². The van der Waals surface area contributed by atoms with E-state index in [9.17, 15) is 5.11 Å². The van der Waals surface area contributed by atoms with Crippen molar-refractivity contribution in [1.82, 2.24) is 19.7 Å². The minimum absolute atomic E-state index is 0.406. The van der Waals surface area contributed by atoms with E-state index in [1.165, 1.54) is 25.9 Å². The van der Waals surface area contributed by atoms with E-state index in [1.54, 1.807) is 0 Å². The highest BCUT2D eigenvalue weighted by Crippen LogP contribution is 2.25. The molecule has 0 saturated carbocycles. The number of piperidine rings is 1. The smallest absolute Gasteiger partial charge is 0.156 e. The van der Waals surface area contributed by atoms with Gasteiger partial charge in [0.1, 0.15) is 6.10 Å². The standard InChI is InChI=1S/C14H24N4O/c1-2-17-8-5-11(6-9-17)10-13-15-14-12(19)4-3-7-18(14)16-13/h11-12,19H,2-10H2,1H3. The molecule has 1 unspecified atom stereocenters. The normalized spacial score (nSPS) is 25.5. The Balaban J connectivity index is 1.61. The fourth-order valence-corrected chi connectivity index (χ4v) is 3.23. The van der Waals surface area contributed by atoms with Gasteiger partial charge in [-0.05, 0) is 51.2 Å². The number of aryl methyl sites for hydroxylation is 1. The van der Waals surface area contributed by atoms with Crippen molar-refractivity contribution in [2.24, 2.45) is 5.92 Å². The molecule has 0 spiro atoms. The molecule has 1 atom stereocenters. The average molecular weight is 264 g/mol. The summed E-state index contributed by atoms with van der Waals surface area (Å²) in [6.45, 7) is 6.71. The van der Waals surface area contributed by atoms with Crippen molar-refractivity contribution in [3.8, 4) is 0 Å². The zero-order valence-electron chi connectivity index (χ0n) is 11.8. The van der Waals surface area contributed by atoms with Crippen LogP contribution in [0.2, 0.25) is 0 Å². The topological polar surface area (TPSA) is 54.2 Å². The zero-order valence-corrected chi connectivity index (χ0v) is 11.8. The van der Waals surface area contributed by atoms with Crippen molar-refractivity contribution in [2.75, 3.05) is 19.6 Å². The number of rotatable bonds is 3. The van der Waals surface area contributed by atoms with Crippen LogP contribution in [0.3, 0.4) is 0 Å². The Hall–Kier alpha value is -0.940. The second-order valence-corrected chi connectivity index (χ2v) is 5.85. The van der Waals surface area contributed by atoms with Gasteiger partial charge in [-0.25, -0.2) is 9.67 Å². The van der Waals surface area contributed by atoms with Crippen LogP contribution in [0.25, 0.3) is 0 Å². The third-order valence-corrected chi connectivity index (χ3v) is 4.52. The Kier molecular flexibility index (Phi) is 3.84. The molecule has 2 aliphatic rings. The molecule has 5 heteroatoms. The lowest BCUT2D eigenvalue weighted by Gasteiger charge is -2.30. The first-order valence-electron chi connectivity index (χ1n) is 7.60. The highest BCUT2D eigenvalue weighted by atomic mass is 16.3. The van der Waals surface area contributed by atoms with Gasteiger partial charge in [0.05, 0.1) is 0 Å². The molecule has 3 heterocycles. The molecule has 106 valence electrons. The first-order chi connectivity index (χ1) is 9.26. The summed E-state index contributed by atoms with van der Waals surface area (Å²) >= 11 is 0. The van der Waals surface area contributed by atoms with Crippen molar-refractivity contribution < 1.29 is 5.11 Å². The van der Waals surface area contributed by atoms with Gasteiger partial charge in [0.15, 0.2) is 11.6 Å². The van der Waals surface area contributed by atoms with Gasteiger partial charge in [0.25, 0.3) is 0 Å². The van der Waals surface area contributed by atoms with E-state index < -0.39 is 6.10 Å². The van der Waals surface area contributed by atoms with Crippen molar-refractivity contribution >= 4 is 0 Å². The van der Waals surface area contributed by atoms with Crippen LogP contribution in [-0.2, 0) is 13.0 Å². The van der Waals surface area contributed by atoms with E-state index in [4.69, 9.17) is 0 Å². The molecule has 19 heavy (non-hydrogen) atoms. The van der Waals surface area contributed by atoms with E-state index >= 15 is 0 Å². The van der Waals surface area contributed by atoms with Crippen molar-refractivity contribution in [2.45, 2.75) is 51.7 Å². The fourth-order valence-electron chi connectivity index (χ4n) is 3.23. The van der Waals surface area contributed by atoms with Crippen molar-refractivity contribution in [1.29, 1.82) is 0 Å². The molecule has 1 aromatic rings. The lowest BCUT2D eigenvalue weighted by molar-refractivity contribution is 0.130. The van der Waals surface area contributed by atoms with Gasteiger partial charge in [-0.2, -0.15) is 5.10 Å². The predicted octanol–water partition coefficient (Wildman–Crippen LogP) is 1.38. The predicted molar refractivity (Wildman–Crippen MR) is 72.8 cm³/mol. The van der Waals surface area contributed by atoms with Crippen LogP contribution in [0.1, 0.15) is 50.4 Å². The molecule has 1 aromatic heterocycles. The monoisotopic (exact) mass is 264 g/mol. The Labute approximate surface area is 114 Å². The molecule has 5 nitrogen and oxygen atoms in total. The minimum Gasteiger partial charge on any atom is -0.385 e. The maximum absolute atomic E-state index is 9.92. The summed E-state index contributed by atoms with van der Waals surface area (Å²) in [4.78, 5) is 7.06. The lowest BCUT2D eigenvalue weighted by atomic mass is 9.93. The van der Waals surface area contributed by atoms with Gasteiger partial charge in [0.2, 0.25) is 0 Å². The summed E-state index contributed by atoms with van der Waals surface area (Å²) in [6.07, 6.45) is 4.90. The average Bonchev–Trinajstić information content (AvgIpc) is 2.84. The molecule has 1 N–H and O–H groups in total. The molecule has 0 aliphatic carbocycles. The molecule has 1 saturated heterocycles. The summed E-state index contributed by atoms with van der Waals surface area (Å²) in [7, 11) is 0. The number of hydrogen-bond donors (Lipinski definition) is 1. The largest absolute Gasteiger partial charge is 0.385 e. The van der Waals surface area contributed by atoms with Crippen LogP contribution in [0, 0.1) is 5.92 Å². The third-order valence-electron chi connectivity index (χ3n) is 4.52. The summed E-state index contributed by atoms with van der Waals surface area (Å²) in [5, 5.41) is 14.5. The number of aromatic nitrogens is 3. The molecular weight excluding hydrogens is 240 g/mol. The summed E-state index contributed by atoms with van der Waals surface area (Å²) < 4.78 is 1.91. The number of aliphatic hydroxyl groups excluding tert-OH is 1. The number of nitrogens with zero attached hydrogens (tertiary/aromatic N) is 4. The Morgan fingerprint density at radius 2 is 2.00 bits per heavy atom. The van der Waals surface area contributed by atoms with Crippen LogP contribution >= 0.6 is 0 Å². The van der Waals surface area contributed by atoms with Gasteiger partial charge in [-0.1, -0.05) is 6.92 Å². The zero-order chi connectivity index (χ0) is 13.2. The second kappa shape index (κ2) is 5.59. The molecule has 0 radical (unpaired) electrons. The Morgan fingerprint density at radius 3 is 2.68 bits per heavy atom. The highest BCUT2D eigenvalue weighted by molar-refractivity contribution is 5.00. The second-order valence-electron chi connectivity index (χ2n) is 5.85. The van der Waals surface area contributed by atoms with Gasteiger partial charge in [-0.15, -0.1) is 0 Å². The summed E-state index contributed by atoms with van der Waals surface area (Å²) in [5.74, 6) is 2.43. The van der Waals surface area contributed by atoms with Crippen LogP contribution in [0.4, 0.5) is 0 Å². The molecule has 1 fully saturated rings. The van der Waals surface area contributed by atoms with Crippen LogP contribution in [0.5, 0.6) is 0 Å². The number of aliphatic hydroxyl groups is 1. The highest BCUT2D eigenvalue weighted by Gasteiger charge is 2.24. The van der Waals surface area contributed by atoms with E-state index in [1.807, 2.05) is 4.68 Å². The lowest BCUT2D eigenvalue weighted by Crippen LogP contribution is -2.34. The van der Waals surface area contributed by atoms with E-state index in [0.29, 0.717) is 5.92 Å². The number of fused-ring (bicyclic) bond motifs is 1. The third kappa shape index (κ3) is 2.82. The van der Waals surface area contributed by atoms with Crippen molar-refractivity contribution in [3.63, 3.8) is 0 Å². The molecule has 0 bridgehead atoms. The fraction of sp³-hybridized carbons (Fsp3) is 0.857. The van der Waals surface area contributed by atoms with Gasteiger partial charge in [-0.3, -0.25) is 0 Å². The van der Waals surface area contributed by atoms with Crippen molar-refractivity contribution in [3.05, 3.63) is 11.6 Å². The Morgan fingerprint density at radius 1 is 1.21 bits per heavy atom. The minimum atomic E-state index is -0.406. The molecule has 0 amide bonds. The molecule has 3 rings (SSSR count). The van der Waals surface area contributed by atoms with E-state index in [0.717, 1.165) is 44.0 Å². The Bertz CT molecular complexity index is 423. The van der Waals surface area contributed by atoms with Gasteiger partial charge < -0.3 is 10.0 Å². The van der Waals surface area contributed by atoms with Crippen LogP contribution in [-0.4, -0.2) is 44.4 Å². The first-order valence-corrected chi connectivity index (χ1v) is 7.60. The maximum Gasteiger partial charge on any atom is 0.156 e. The number of likely N-dealkylation sites (tertiary alicyclic amines) is 1. The molecular formula is C14H24N4O. The van der Waals surface area contributed by atoms with E-state index in [2.05, 4.69) is 21.9 Å². The van der Waals surface area contributed by atoms with Gasteiger partial charge >= 0.3 is 0 Å². The summed E-state index contributed by atoms with van der Waals surface area (Å²) in [5.41, 5.74) is 0. The summed E-state index contributed by atoms with van der Waals surface area (Å²) in [6, 6.07) is 0. The number of hydrogen-bond acceptors (Lipinski definition) is 4. The molecule has 0 aromatic carbocycles. The molecule has 2 aliphatic heterocycles. The first kappa shape index (κ1) is 13.1. The quantitative estimate of drug-likeness (QED) is 0.896. The van der Waals surface area contributed by atoms with E-state index in [-0.39, 0.29) is 0 Å². The van der Waals surface area contributed by atoms with Crippen LogP contribution < -0.4 is 0 Å². The van der Waals surface area contributed by atoms with Gasteiger partial charge in [0, 0.05) is 13.0 Å². The maximum atomic E-state index is 9.92.